The van der Waals surface area contributed by atoms with Gasteiger partial charge in [-0.3, -0.25) is 14.2 Å². The summed E-state index contributed by atoms with van der Waals surface area (Å²) in [5.74, 6) is -2.11. The topological polar surface area (TPSA) is 73.2 Å². The Morgan fingerprint density at radius 3 is 2.61 bits per heavy atom. The molecule has 0 bridgehead atoms. The lowest BCUT2D eigenvalue weighted by molar-refractivity contribution is -0.113. The summed E-state index contributed by atoms with van der Waals surface area (Å²) in [4.78, 5) is 29.8. The molecule has 0 atom stereocenters. The first-order valence-corrected chi connectivity index (χ1v) is 10.8. The Balaban J connectivity index is 1.76. The third kappa shape index (κ3) is 6.35. The average molecular weight is 448 g/mol. The van der Waals surface area contributed by atoms with Gasteiger partial charge in [-0.1, -0.05) is 23.9 Å². The van der Waals surface area contributed by atoms with E-state index in [4.69, 9.17) is 4.74 Å². The van der Waals surface area contributed by atoms with Crippen LogP contribution < -0.4 is 10.9 Å². The van der Waals surface area contributed by atoms with Gasteiger partial charge in [-0.05, 0) is 44.5 Å². The number of rotatable bonds is 9. The predicted octanol–water partition coefficient (Wildman–Crippen LogP) is 4.22. The molecule has 164 valence electrons. The van der Waals surface area contributed by atoms with Crippen LogP contribution in [0.2, 0.25) is 0 Å². The molecule has 1 N–H and O–H groups in total. The molecule has 6 nitrogen and oxygen atoms in total. The number of carbonyl (C=O) groups excluding carboxylic acids is 1. The van der Waals surface area contributed by atoms with Gasteiger partial charge in [-0.25, -0.2) is 13.8 Å². The van der Waals surface area contributed by atoms with Crippen LogP contribution in [0.3, 0.4) is 0 Å². The largest absolute Gasteiger partial charge is 0.379 e. The maximum absolute atomic E-state index is 13.3. The van der Waals surface area contributed by atoms with E-state index in [-0.39, 0.29) is 23.1 Å². The van der Waals surface area contributed by atoms with Gasteiger partial charge in [-0.15, -0.1) is 0 Å². The Kier molecular flexibility index (Phi) is 7.75. The van der Waals surface area contributed by atoms with Crippen molar-refractivity contribution in [3.63, 3.8) is 0 Å². The number of ether oxygens (including phenoxy) is 1. The van der Waals surface area contributed by atoms with Crippen molar-refractivity contribution in [2.45, 2.75) is 38.1 Å². The molecule has 1 amide bonds. The van der Waals surface area contributed by atoms with E-state index < -0.39 is 17.5 Å². The smallest absolute Gasteiger partial charge is 0.262 e. The molecule has 31 heavy (non-hydrogen) atoms. The minimum Gasteiger partial charge on any atom is -0.379 e. The summed E-state index contributed by atoms with van der Waals surface area (Å²) >= 11 is 1.09. The Hall–Kier alpha value is -2.78. The number of thioether (sulfide) groups is 1. The fraction of sp³-hybridized carbons (Fsp3) is 0.318. The first-order valence-electron chi connectivity index (χ1n) is 9.83. The third-order valence-electron chi connectivity index (χ3n) is 4.28. The van der Waals surface area contributed by atoms with Gasteiger partial charge >= 0.3 is 0 Å². The molecule has 0 saturated carbocycles. The zero-order chi connectivity index (χ0) is 22.4. The quantitative estimate of drug-likeness (QED) is 0.302. The van der Waals surface area contributed by atoms with Gasteiger partial charge in [0.05, 0.1) is 22.8 Å². The number of amides is 1. The van der Waals surface area contributed by atoms with E-state index in [1.807, 2.05) is 13.8 Å². The fourth-order valence-electron chi connectivity index (χ4n) is 2.95. The minimum atomic E-state index is -0.781. The third-order valence-corrected chi connectivity index (χ3v) is 5.26. The minimum absolute atomic E-state index is 0.0257. The SMILES string of the molecule is CC(C)OCCCn1c(SCC(=O)Nc2cc(F)cc(F)c2)nc2ccccc2c1=O. The summed E-state index contributed by atoms with van der Waals surface area (Å²) in [6.07, 6.45) is 0.706. The van der Waals surface area contributed by atoms with Crippen LogP contribution in [0.25, 0.3) is 10.9 Å². The number of carbonyl (C=O) groups is 1. The molecule has 0 aliphatic carbocycles. The summed E-state index contributed by atoms with van der Waals surface area (Å²) in [5.41, 5.74) is 0.375. The number of hydrogen-bond acceptors (Lipinski definition) is 5. The zero-order valence-electron chi connectivity index (χ0n) is 17.2. The van der Waals surface area contributed by atoms with E-state index in [0.29, 0.717) is 35.6 Å². The molecule has 9 heteroatoms. The summed E-state index contributed by atoms with van der Waals surface area (Å²) < 4.78 is 33.7. The highest BCUT2D eigenvalue weighted by molar-refractivity contribution is 7.99. The van der Waals surface area contributed by atoms with Crippen LogP contribution in [0.4, 0.5) is 14.5 Å². The van der Waals surface area contributed by atoms with Gasteiger partial charge in [0.15, 0.2) is 5.16 Å². The normalized spacial score (nSPS) is 11.3. The van der Waals surface area contributed by atoms with Crippen molar-refractivity contribution in [3.05, 3.63) is 64.5 Å². The first-order chi connectivity index (χ1) is 14.8. The lowest BCUT2D eigenvalue weighted by Crippen LogP contribution is -2.25. The Morgan fingerprint density at radius 2 is 1.90 bits per heavy atom. The molecule has 0 saturated heterocycles. The van der Waals surface area contributed by atoms with Crippen LogP contribution in [0, 0.1) is 11.6 Å². The van der Waals surface area contributed by atoms with Crippen LogP contribution in [-0.4, -0.2) is 33.9 Å². The number of hydrogen-bond donors (Lipinski definition) is 1. The number of aromatic nitrogens is 2. The van der Waals surface area contributed by atoms with E-state index in [1.54, 1.807) is 24.3 Å². The van der Waals surface area contributed by atoms with Gasteiger partial charge in [0, 0.05) is 24.9 Å². The predicted molar refractivity (Wildman–Crippen MR) is 117 cm³/mol. The van der Waals surface area contributed by atoms with E-state index in [9.17, 15) is 18.4 Å². The highest BCUT2D eigenvalue weighted by atomic mass is 32.2. The van der Waals surface area contributed by atoms with E-state index in [0.717, 1.165) is 30.0 Å². The van der Waals surface area contributed by atoms with E-state index in [2.05, 4.69) is 10.3 Å². The summed E-state index contributed by atoms with van der Waals surface area (Å²) in [6, 6.07) is 9.81. The second-order valence-electron chi connectivity index (χ2n) is 7.14. The lowest BCUT2D eigenvalue weighted by atomic mass is 10.2. The van der Waals surface area contributed by atoms with Crippen molar-refractivity contribution in [3.8, 4) is 0 Å². The molecular formula is C22H23F2N3O3S. The van der Waals surface area contributed by atoms with Crippen molar-refractivity contribution in [1.82, 2.24) is 9.55 Å². The van der Waals surface area contributed by atoms with Crippen LogP contribution in [0.5, 0.6) is 0 Å². The molecule has 0 aliphatic heterocycles. The molecule has 1 aromatic heterocycles. The van der Waals surface area contributed by atoms with Crippen molar-refractivity contribution in [1.29, 1.82) is 0 Å². The summed E-state index contributed by atoms with van der Waals surface area (Å²) in [6.45, 7) is 4.76. The molecule has 0 unspecified atom stereocenters. The van der Waals surface area contributed by atoms with Crippen molar-refractivity contribution < 1.29 is 18.3 Å². The van der Waals surface area contributed by atoms with E-state index in [1.165, 1.54) is 4.57 Å². The second-order valence-corrected chi connectivity index (χ2v) is 8.08. The van der Waals surface area contributed by atoms with Gasteiger partial charge in [0.1, 0.15) is 11.6 Å². The highest BCUT2D eigenvalue weighted by Gasteiger charge is 2.14. The average Bonchev–Trinajstić information content (AvgIpc) is 2.70. The van der Waals surface area contributed by atoms with Crippen LogP contribution >= 0.6 is 11.8 Å². The number of halogens is 2. The molecule has 0 fully saturated rings. The fourth-order valence-corrected chi connectivity index (χ4v) is 3.78. The number of fused-ring (bicyclic) bond motifs is 1. The van der Waals surface area contributed by atoms with Crippen LogP contribution in [-0.2, 0) is 16.1 Å². The van der Waals surface area contributed by atoms with Gasteiger partial charge in [-0.2, -0.15) is 0 Å². The van der Waals surface area contributed by atoms with Gasteiger partial charge < -0.3 is 10.1 Å². The maximum Gasteiger partial charge on any atom is 0.262 e. The molecule has 0 aliphatic rings. The molecule has 0 radical (unpaired) electrons. The number of nitrogens with one attached hydrogen (secondary N) is 1. The van der Waals surface area contributed by atoms with Crippen LogP contribution in [0.15, 0.2) is 52.4 Å². The molecule has 3 aromatic rings. The van der Waals surface area contributed by atoms with Gasteiger partial charge in [0.25, 0.3) is 5.56 Å². The van der Waals surface area contributed by atoms with Crippen LogP contribution in [0.1, 0.15) is 20.3 Å². The molecule has 3 rings (SSSR count). The standard InChI is InChI=1S/C22H23F2N3O3S/c1-14(2)30-9-5-8-27-21(29)18-6-3-4-7-19(18)26-22(27)31-13-20(28)25-17-11-15(23)10-16(24)12-17/h3-4,6-7,10-12,14H,5,8-9,13H2,1-2H3,(H,25,28). The first kappa shape index (κ1) is 22.9. The number of anilines is 1. The zero-order valence-corrected chi connectivity index (χ0v) is 18.0. The Morgan fingerprint density at radius 1 is 1.19 bits per heavy atom. The number of nitrogens with zero attached hydrogens (tertiary/aromatic N) is 2. The number of para-hydroxylation sites is 1. The maximum atomic E-state index is 13.3. The monoisotopic (exact) mass is 447 g/mol. The summed E-state index contributed by atoms with van der Waals surface area (Å²) in [5, 5.41) is 3.35. The Bertz CT molecular complexity index is 1110. The lowest BCUT2D eigenvalue weighted by Gasteiger charge is -2.14. The highest BCUT2D eigenvalue weighted by Crippen LogP contribution is 2.19. The molecule has 0 spiro atoms. The molecular weight excluding hydrogens is 424 g/mol. The van der Waals surface area contributed by atoms with Gasteiger partial charge in [0.2, 0.25) is 5.91 Å². The summed E-state index contributed by atoms with van der Waals surface area (Å²) in [7, 11) is 0. The van der Waals surface area contributed by atoms with Crippen molar-refractivity contribution in [2.75, 3.05) is 17.7 Å². The van der Waals surface area contributed by atoms with Crippen molar-refractivity contribution in [2.24, 2.45) is 0 Å². The second kappa shape index (κ2) is 10.5. The number of benzene rings is 2. The van der Waals surface area contributed by atoms with E-state index >= 15 is 0 Å². The Labute approximate surface area is 182 Å². The molecule has 2 aromatic carbocycles. The van der Waals surface area contributed by atoms with Crippen molar-refractivity contribution >= 4 is 34.3 Å². The molecule has 1 heterocycles.